The lowest BCUT2D eigenvalue weighted by Gasteiger charge is -2.10. The summed E-state index contributed by atoms with van der Waals surface area (Å²) in [5, 5.41) is 4.83. The third kappa shape index (κ3) is 2.83. The molecular weight excluding hydrogens is 287 g/mol. The zero-order valence-electron chi connectivity index (χ0n) is 11.5. The van der Waals surface area contributed by atoms with Crippen molar-refractivity contribution in [1.29, 1.82) is 0 Å². The first-order chi connectivity index (χ1) is 10.1. The highest BCUT2D eigenvalue weighted by Crippen LogP contribution is 2.25. The summed E-state index contributed by atoms with van der Waals surface area (Å²) in [4.78, 5) is 4.39. The van der Waals surface area contributed by atoms with Gasteiger partial charge >= 0.3 is 0 Å². The molecule has 0 atom stereocenters. The summed E-state index contributed by atoms with van der Waals surface area (Å²) in [5.74, 6) is -0.209. The monoisotopic (exact) mass is 300 g/mol. The molecule has 0 amide bonds. The predicted octanol–water partition coefficient (Wildman–Crippen LogP) is 4.95. The zero-order valence-corrected chi connectivity index (χ0v) is 12.3. The molecule has 3 rings (SSSR count). The molecular formula is C17H14ClFN2. The first-order valence-corrected chi connectivity index (χ1v) is 7.05. The molecule has 2 aromatic carbocycles. The van der Waals surface area contributed by atoms with Crippen LogP contribution in [0, 0.1) is 12.7 Å². The molecule has 1 aromatic heterocycles. The van der Waals surface area contributed by atoms with Gasteiger partial charge in [0.2, 0.25) is 0 Å². The molecule has 1 N–H and O–H groups in total. The molecule has 0 fully saturated rings. The van der Waals surface area contributed by atoms with Gasteiger partial charge < -0.3 is 5.32 Å². The van der Waals surface area contributed by atoms with Crippen LogP contribution in [0.2, 0.25) is 5.02 Å². The molecule has 1 heterocycles. The van der Waals surface area contributed by atoms with Crippen LogP contribution in [0.5, 0.6) is 0 Å². The number of aryl methyl sites for hydroxylation is 1. The summed E-state index contributed by atoms with van der Waals surface area (Å²) in [6.07, 6.45) is 1.74. The van der Waals surface area contributed by atoms with Gasteiger partial charge in [-0.1, -0.05) is 23.7 Å². The number of hydrogen-bond acceptors (Lipinski definition) is 2. The highest BCUT2D eigenvalue weighted by molar-refractivity contribution is 6.35. The van der Waals surface area contributed by atoms with Crippen molar-refractivity contribution in [3.05, 3.63) is 70.6 Å². The average Bonchev–Trinajstić information content (AvgIpc) is 2.50. The largest absolute Gasteiger partial charge is 0.381 e. The first-order valence-electron chi connectivity index (χ1n) is 6.67. The van der Waals surface area contributed by atoms with Crippen molar-refractivity contribution in [2.75, 3.05) is 5.32 Å². The van der Waals surface area contributed by atoms with Crippen molar-refractivity contribution < 1.29 is 4.39 Å². The summed E-state index contributed by atoms with van der Waals surface area (Å²) < 4.78 is 13.5. The van der Waals surface area contributed by atoms with Crippen LogP contribution in [0.4, 0.5) is 10.1 Å². The number of fused-ring (bicyclic) bond motifs is 1. The fourth-order valence-electron chi connectivity index (χ4n) is 2.24. The number of rotatable bonds is 3. The second-order valence-corrected chi connectivity index (χ2v) is 5.33. The quantitative estimate of drug-likeness (QED) is 0.740. The third-order valence-corrected chi connectivity index (χ3v) is 3.78. The van der Waals surface area contributed by atoms with E-state index in [2.05, 4.69) is 10.3 Å². The number of benzene rings is 2. The Hall–Kier alpha value is -2.13. The average molecular weight is 301 g/mol. The van der Waals surface area contributed by atoms with Gasteiger partial charge in [0.25, 0.3) is 0 Å². The van der Waals surface area contributed by atoms with Gasteiger partial charge in [-0.15, -0.1) is 0 Å². The van der Waals surface area contributed by atoms with E-state index >= 15 is 0 Å². The highest BCUT2D eigenvalue weighted by atomic mass is 35.5. The Morgan fingerprint density at radius 2 is 2.05 bits per heavy atom. The van der Waals surface area contributed by atoms with Gasteiger partial charge in [0.1, 0.15) is 5.82 Å². The minimum atomic E-state index is -0.209. The molecule has 4 heteroatoms. The minimum absolute atomic E-state index is 0.209. The van der Waals surface area contributed by atoms with E-state index in [0.29, 0.717) is 17.1 Å². The Morgan fingerprint density at radius 3 is 2.86 bits per heavy atom. The van der Waals surface area contributed by atoms with Crippen molar-refractivity contribution in [2.24, 2.45) is 0 Å². The number of anilines is 1. The van der Waals surface area contributed by atoms with Crippen molar-refractivity contribution in [1.82, 2.24) is 4.98 Å². The molecule has 0 saturated heterocycles. The Morgan fingerprint density at radius 1 is 1.19 bits per heavy atom. The van der Waals surface area contributed by atoms with Gasteiger partial charge in [-0.3, -0.25) is 4.98 Å². The summed E-state index contributed by atoms with van der Waals surface area (Å²) in [5.41, 5.74) is 3.28. The molecule has 3 aromatic rings. The third-order valence-electron chi connectivity index (χ3n) is 3.45. The van der Waals surface area contributed by atoms with Gasteiger partial charge in [-0.25, -0.2) is 4.39 Å². The van der Waals surface area contributed by atoms with E-state index in [1.54, 1.807) is 19.2 Å². The van der Waals surface area contributed by atoms with Crippen LogP contribution in [0.1, 0.15) is 11.1 Å². The number of nitrogens with one attached hydrogen (secondary N) is 1. The van der Waals surface area contributed by atoms with Crippen molar-refractivity contribution >= 4 is 28.2 Å². The van der Waals surface area contributed by atoms with Crippen LogP contribution in [0.3, 0.4) is 0 Å². The first kappa shape index (κ1) is 13.8. The molecule has 0 bridgehead atoms. The second kappa shape index (κ2) is 5.70. The summed E-state index contributed by atoms with van der Waals surface area (Å²) in [6.45, 7) is 2.31. The summed E-state index contributed by atoms with van der Waals surface area (Å²) in [7, 11) is 0. The van der Waals surface area contributed by atoms with Crippen LogP contribution in [0.15, 0.2) is 48.7 Å². The molecule has 21 heavy (non-hydrogen) atoms. The van der Waals surface area contributed by atoms with E-state index < -0.39 is 0 Å². The maximum atomic E-state index is 13.5. The van der Waals surface area contributed by atoms with E-state index in [-0.39, 0.29) is 5.82 Å². The highest BCUT2D eigenvalue weighted by Gasteiger charge is 2.06. The number of halogens is 2. The molecule has 0 saturated carbocycles. The lowest BCUT2D eigenvalue weighted by atomic mass is 10.1. The second-order valence-electron chi connectivity index (χ2n) is 4.92. The SMILES string of the molecule is Cc1ccc(NCc2ccc(Cl)c3cccnc23)cc1F. The fourth-order valence-corrected chi connectivity index (χ4v) is 2.45. The van der Waals surface area contributed by atoms with Gasteiger partial charge in [0, 0.05) is 28.8 Å². The van der Waals surface area contributed by atoms with Crippen LogP contribution in [-0.2, 0) is 6.54 Å². The minimum Gasteiger partial charge on any atom is -0.381 e. The fraction of sp³-hybridized carbons (Fsp3) is 0.118. The standard InChI is InChI=1S/C17H14ClFN2/c1-11-4-6-13(9-16(11)19)21-10-12-5-7-15(18)14-3-2-8-20-17(12)14/h2-9,21H,10H2,1H3. The van der Waals surface area contributed by atoms with Crippen molar-refractivity contribution in [3.8, 4) is 0 Å². The van der Waals surface area contributed by atoms with Crippen LogP contribution in [-0.4, -0.2) is 4.98 Å². The number of nitrogens with zero attached hydrogens (tertiary/aromatic N) is 1. The Bertz CT molecular complexity index is 802. The maximum absolute atomic E-state index is 13.5. The molecule has 0 unspecified atom stereocenters. The maximum Gasteiger partial charge on any atom is 0.128 e. The lowest BCUT2D eigenvalue weighted by Crippen LogP contribution is -2.01. The van der Waals surface area contributed by atoms with Gasteiger partial charge in [-0.2, -0.15) is 0 Å². The lowest BCUT2D eigenvalue weighted by molar-refractivity contribution is 0.619. The van der Waals surface area contributed by atoms with Crippen molar-refractivity contribution in [2.45, 2.75) is 13.5 Å². The molecule has 0 aliphatic carbocycles. The van der Waals surface area contributed by atoms with E-state index in [1.807, 2.05) is 30.3 Å². The van der Waals surface area contributed by atoms with Crippen LogP contribution in [0.25, 0.3) is 10.9 Å². The van der Waals surface area contributed by atoms with Gasteiger partial charge in [0.05, 0.1) is 5.52 Å². The van der Waals surface area contributed by atoms with E-state index in [1.165, 1.54) is 6.07 Å². The van der Waals surface area contributed by atoms with E-state index in [0.717, 1.165) is 22.2 Å². The molecule has 2 nitrogen and oxygen atoms in total. The smallest absolute Gasteiger partial charge is 0.128 e. The molecule has 0 aliphatic rings. The molecule has 106 valence electrons. The Labute approximate surface area is 127 Å². The Balaban J connectivity index is 1.88. The zero-order chi connectivity index (χ0) is 14.8. The van der Waals surface area contributed by atoms with Crippen LogP contribution < -0.4 is 5.32 Å². The summed E-state index contributed by atoms with van der Waals surface area (Å²) in [6, 6.07) is 12.7. The summed E-state index contributed by atoms with van der Waals surface area (Å²) >= 11 is 6.17. The van der Waals surface area contributed by atoms with E-state index in [9.17, 15) is 4.39 Å². The molecule has 0 aliphatic heterocycles. The number of aromatic nitrogens is 1. The number of pyridine rings is 1. The van der Waals surface area contributed by atoms with Gasteiger partial charge in [-0.05, 0) is 48.4 Å². The number of hydrogen-bond donors (Lipinski definition) is 1. The topological polar surface area (TPSA) is 24.9 Å². The normalized spacial score (nSPS) is 10.8. The molecule has 0 radical (unpaired) electrons. The molecule has 0 spiro atoms. The van der Waals surface area contributed by atoms with Crippen LogP contribution >= 0.6 is 11.6 Å². The van der Waals surface area contributed by atoms with Gasteiger partial charge in [0.15, 0.2) is 0 Å². The van der Waals surface area contributed by atoms with Crippen molar-refractivity contribution in [3.63, 3.8) is 0 Å². The predicted molar refractivity (Wildman–Crippen MR) is 85.2 cm³/mol. The Kier molecular flexibility index (Phi) is 3.76. The van der Waals surface area contributed by atoms with E-state index in [4.69, 9.17) is 11.6 Å².